The smallest absolute Gasteiger partial charge is 0.387 e. The maximum atomic E-state index is 12.8. The number of nitrogens with zero attached hydrogens (tertiary/aromatic N) is 1. The lowest BCUT2D eigenvalue weighted by atomic mass is 10.1. The standard InChI is InChI=1S/C20H21F2NO5/c1-23(12-13-4-6-16(28-20(21)22)17(10-13)25-2)19(24)14-5-7-15-18(11-14)27-9-3-8-26-15/h4-7,10-11,20H,3,8-9,12H2,1-2H3. The highest BCUT2D eigenvalue weighted by molar-refractivity contribution is 5.94. The Hall–Kier alpha value is -3.03. The number of hydrogen-bond donors (Lipinski definition) is 0. The molecule has 0 radical (unpaired) electrons. The van der Waals surface area contributed by atoms with Crippen molar-refractivity contribution in [3.8, 4) is 23.0 Å². The molecule has 6 nitrogen and oxygen atoms in total. The molecule has 0 fully saturated rings. The van der Waals surface area contributed by atoms with E-state index in [0.717, 1.165) is 6.42 Å². The second-order valence-electron chi connectivity index (χ2n) is 6.24. The van der Waals surface area contributed by atoms with Gasteiger partial charge in [-0.25, -0.2) is 0 Å². The molecule has 0 unspecified atom stereocenters. The summed E-state index contributed by atoms with van der Waals surface area (Å²) in [6.07, 6.45) is 0.783. The molecule has 1 heterocycles. The Kier molecular flexibility index (Phi) is 6.18. The molecule has 2 aromatic carbocycles. The van der Waals surface area contributed by atoms with Crippen molar-refractivity contribution >= 4 is 5.91 Å². The summed E-state index contributed by atoms with van der Waals surface area (Å²) in [7, 11) is 3.02. The summed E-state index contributed by atoms with van der Waals surface area (Å²) >= 11 is 0. The van der Waals surface area contributed by atoms with E-state index in [4.69, 9.17) is 14.2 Å². The molecule has 1 amide bonds. The summed E-state index contributed by atoms with van der Waals surface area (Å²) in [5.74, 6) is 1.08. The summed E-state index contributed by atoms with van der Waals surface area (Å²) in [6, 6.07) is 9.65. The molecule has 8 heteroatoms. The molecule has 0 bridgehead atoms. The Morgan fingerprint density at radius 1 is 1.11 bits per heavy atom. The lowest BCUT2D eigenvalue weighted by molar-refractivity contribution is -0.0512. The topological polar surface area (TPSA) is 57.2 Å². The minimum atomic E-state index is -2.94. The van der Waals surface area contributed by atoms with Crippen LogP contribution >= 0.6 is 0 Å². The number of halogens is 2. The number of rotatable bonds is 6. The quantitative estimate of drug-likeness (QED) is 0.749. The first kappa shape index (κ1) is 19.7. The zero-order valence-corrected chi connectivity index (χ0v) is 15.6. The maximum absolute atomic E-state index is 12.8. The number of carbonyl (C=O) groups is 1. The van der Waals surface area contributed by atoms with Crippen LogP contribution in [-0.4, -0.2) is 44.8 Å². The van der Waals surface area contributed by atoms with Gasteiger partial charge in [0.2, 0.25) is 0 Å². The number of carbonyl (C=O) groups excluding carboxylic acids is 1. The van der Waals surface area contributed by atoms with Gasteiger partial charge in [-0.05, 0) is 35.9 Å². The van der Waals surface area contributed by atoms with Gasteiger partial charge < -0.3 is 23.8 Å². The second kappa shape index (κ2) is 8.77. The molecule has 0 aromatic heterocycles. The SMILES string of the molecule is COc1cc(CN(C)C(=O)c2ccc3c(c2)OCCCO3)ccc1OC(F)F. The van der Waals surface area contributed by atoms with Crippen LogP contribution in [0.15, 0.2) is 36.4 Å². The number of amides is 1. The number of methoxy groups -OCH3 is 1. The van der Waals surface area contributed by atoms with Gasteiger partial charge in [0.25, 0.3) is 5.91 Å². The molecular formula is C20H21F2NO5. The monoisotopic (exact) mass is 393 g/mol. The summed E-state index contributed by atoms with van der Waals surface area (Å²) in [4.78, 5) is 14.3. The highest BCUT2D eigenvalue weighted by Crippen LogP contribution is 2.32. The van der Waals surface area contributed by atoms with E-state index >= 15 is 0 Å². The van der Waals surface area contributed by atoms with E-state index in [1.165, 1.54) is 18.1 Å². The first-order chi connectivity index (χ1) is 13.5. The van der Waals surface area contributed by atoms with E-state index in [1.807, 2.05) is 0 Å². The zero-order chi connectivity index (χ0) is 20.1. The van der Waals surface area contributed by atoms with E-state index in [-0.39, 0.29) is 24.0 Å². The first-order valence-corrected chi connectivity index (χ1v) is 8.75. The van der Waals surface area contributed by atoms with E-state index in [2.05, 4.69) is 4.74 Å². The summed E-state index contributed by atoms with van der Waals surface area (Å²) in [6.45, 7) is -1.57. The molecular weight excluding hydrogens is 372 g/mol. The van der Waals surface area contributed by atoms with Crippen LogP contribution in [0.2, 0.25) is 0 Å². The minimum Gasteiger partial charge on any atom is -0.493 e. The van der Waals surface area contributed by atoms with E-state index in [9.17, 15) is 13.6 Å². The largest absolute Gasteiger partial charge is 0.493 e. The Balaban J connectivity index is 1.73. The molecule has 150 valence electrons. The normalized spacial score (nSPS) is 13.0. The van der Waals surface area contributed by atoms with Crippen molar-refractivity contribution in [2.24, 2.45) is 0 Å². The maximum Gasteiger partial charge on any atom is 0.387 e. The van der Waals surface area contributed by atoms with Crippen LogP contribution in [0.5, 0.6) is 23.0 Å². The van der Waals surface area contributed by atoms with Crippen molar-refractivity contribution in [2.45, 2.75) is 19.6 Å². The van der Waals surface area contributed by atoms with Gasteiger partial charge >= 0.3 is 6.61 Å². The molecule has 1 aliphatic heterocycles. The Bertz CT molecular complexity index is 843. The highest BCUT2D eigenvalue weighted by Gasteiger charge is 2.18. The van der Waals surface area contributed by atoms with Crippen molar-refractivity contribution in [3.05, 3.63) is 47.5 Å². The fourth-order valence-electron chi connectivity index (χ4n) is 2.87. The third kappa shape index (κ3) is 4.62. The third-order valence-electron chi connectivity index (χ3n) is 4.21. The van der Waals surface area contributed by atoms with Gasteiger partial charge in [0.1, 0.15) is 0 Å². The van der Waals surface area contributed by atoms with Crippen molar-refractivity contribution in [1.82, 2.24) is 4.90 Å². The number of fused-ring (bicyclic) bond motifs is 1. The van der Waals surface area contributed by atoms with Crippen LogP contribution < -0.4 is 18.9 Å². The predicted octanol–water partition coefficient (Wildman–Crippen LogP) is 3.73. The molecule has 0 saturated heterocycles. The number of benzene rings is 2. The molecule has 0 saturated carbocycles. The number of ether oxygens (including phenoxy) is 4. The Labute approximate surface area is 161 Å². The van der Waals surface area contributed by atoms with E-state index < -0.39 is 6.61 Å². The van der Waals surface area contributed by atoms with Gasteiger partial charge in [0.05, 0.1) is 20.3 Å². The van der Waals surface area contributed by atoms with Crippen LogP contribution in [0.1, 0.15) is 22.3 Å². The van der Waals surface area contributed by atoms with Gasteiger partial charge in [0, 0.05) is 25.6 Å². The average molecular weight is 393 g/mol. The van der Waals surface area contributed by atoms with E-state index in [1.54, 1.807) is 37.4 Å². The van der Waals surface area contributed by atoms with Crippen LogP contribution in [0.25, 0.3) is 0 Å². The van der Waals surface area contributed by atoms with Crippen LogP contribution in [0.4, 0.5) is 8.78 Å². The van der Waals surface area contributed by atoms with Crippen molar-refractivity contribution < 1.29 is 32.5 Å². The number of alkyl halides is 2. The molecule has 3 rings (SSSR count). The lowest BCUT2D eigenvalue weighted by Gasteiger charge is -2.19. The molecule has 0 aliphatic carbocycles. The summed E-state index contributed by atoms with van der Waals surface area (Å²) in [5, 5.41) is 0. The van der Waals surface area contributed by atoms with Crippen molar-refractivity contribution in [3.63, 3.8) is 0 Å². The average Bonchev–Trinajstić information content (AvgIpc) is 2.92. The van der Waals surface area contributed by atoms with Crippen molar-refractivity contribution in [2.75, 3.05) is 27.4 Å². The molecule has 1 aliphatic rings. The molecule has 0 spiro atoms. The van der Waals surface area contributed by atoms with Gasteiger partial charge in [-0.15, -0.1) is 0 Å². The first-order valence-electron chi connectivity index (χ1n) is 8.75. The van der Waals surface area contributed by atoms with Gasteiger partial charge in [0.15, 0.2) is 23.0 Å². The summed E-state index contributed by atoms with van der Waals surface area (Å²) < 4.78 is 45.6. The fourth-order valence-corrected chi connectivity index (χ4v) is 2.87. The van der Waals surface area contributed by atoms with Gasteiger partial charge in [-0.3, -0.25) is 4.79 Å². The Morgan fingerprint density at radius 3 is 2.57 bits per heavy atom. The number of hydrogen-bond acceptors (Lipinski definition) is 5. The van der Waals surface area contributed by atoms with Crippen LogP contribution in [0.3, 0.4) is 0 Å². The third-order valence-corrected chi connectivity index (χ3v) is 4.21. The van der Waals surface area contributed by atoms with Crippen molar-refractivity contribution in [1.29, 1.82) is 0 Å². The summed E-state index contributed by atoms with van der Waals surface area (Å²) in [5.41, 5.74) is 1.18. The minimum absolute atomic E-state index is 0.0573. The fraction of sp³-hybridized carbons (Fsp3) is 0.350. The van der Waals surface area contributed by atoms with E-state index in [0.29, 0.717) is 35.8 Å². The Morgan fingerprint density at radius 2 is 1.86 bits per heavy atom. The van der Waals surface area contributed by atoms with Gasteiger partial charge in [-0.2, -0.15) is 8.78 Å². The van der Waals surface area contributed by atoms with Gasteiger partial charge in [-0.1, -0.05) is 6.07 Å². The zero-order valence-electron chi connectivity index (χ0n) is 15.6. The second-order valence-corrected chi connectivity index (χ2v) is 6.24. The molecule has 2 aromatic rings. The lowest BCUT2D eigenvalue weighted by Crippen LogP contribution is -2.26. The highest BCUT2D eigenvalue weighted by atomic mass is 19.3. The molecule has 0 N–H and O–H groups in total. The molecule has 0 atom stereocenters. The predicted molar refractivity (Wildman–Crippen MR) is 97.5 cm³/mol. The molecule has 28 heavy (non-hydrogen) atoms. The van der Waals surface area contributed by atoms with Crippen LogP contribution in [-0.2, 0) is 6.54 Å². The van der Waals surface area contributed by atoms with Crippen LogP contribution in [0, 0.1) is 0 Å².